The summed E-state index contributed by atoms with van der Waals surface area (Å²) < 4.78 is 21.2. The van der Waals surface area contributed by atoms with Crippen LogP contribution in [0.5, 0.6) is 0 Å². The van der Waals surface area contributed by atoms with Crippen molar-refractivity contribution >= 4 is 44.0 Å². The van der Waals surface area contributed by atoms with E-state index in [1.165, 1.54) is 11.0 Å². The van der Waals surface area contributed by atoms with E-state index in [1.54, 1.807) is 12.3 Å². The molecule has 0 aliphatic carbocycles. The molecule has 0 radical (unpaired) electrons. The van der Waals surface area contributed by atoms with Gasteiger partial charge in [-0.05, 0) is 122 Å². The van der Waals surface area contributed by atoms with Crippen molar-refractivity contribution < 1.29 is 13.7 Å². The number of amides is 1. The molecule has 48 heavy (non-hydrogen) atoms. The highest BCUT2D eigenvalue weighted by atomic mass is 32.2. The van der Waals surface area contributed by atoms with E-state index in [2.05, 4.69) is 40.3 Å². The molecule has 3 aliphatic heterocycles. The highest BCUT2D eigenvalue weighted by molar-refractivity contribution is 8.00. The number of carbonyl (C=O) groups is 1. The highest BCUT2D eigenvalue weighted by Gasteiger charge is 2.26. The number of benzene rings is 2. The Morgan fingerprint density at radius 3 is 2.40 bits per heavy atom. The van der Waals surface area contributed by atoms with E-state index < -0.39 is 9.52 Å². The molecule has 0 spiro atoms. The second-order valence-corrected chi connectivity index (χ2v) is 16.0. The number of anilines is 2. The van der Waals surface area contributed by atoms with Crippen LogP contribution < -0.4 is 10.9 Å². The van der Waals surface area contributed by atoms with Gasteiger partial charge in [0.2, 0.25) is 11.9 Å². The summed E-state index contributed by atoms with van der Waals surface area (Å²) in [4.78, 5) is 41.6. The number of nitrogens with zero attached hydrogens (tertiary/aromatic N) is 5. The smallest absolute Gasteiger partial charge is 0.260 e. The van der Waals surface area contributed by atoms with Gasteiger partial charge in [-0.25, -0.2) is 4.98 Å². The summed E-state index contributed by atoms with van der Waals surface area (Å²) in [5.74, 6) is 4.40. The molecule has 2 aromatic heterocycles. The molecule has 4 aromatic rings. The van der Waals surface area contributed by atoms with E-state index in [0.29, 0.717) is 46.1 Å². The molecular weight excluding hydrogens is 625 g/mol. The predicted octanol–water partition coefficient (Wildman–Crippen LogP) is 5.24. The van der Waals surface area contributed by atoms with E-state index in [-0.39, 0.29) is 29.4 Å². The van der Waals surface area contributed by atoms with Crippen LogP contribution in [0, 0.1) is 0 Å². The first-order valence-electron chi connectivity index (χ1n) is 17.1. The summed E-state index contributed by atoms with van der Waals surface area (Å²) in [7, 11) is -0.412. The summed E-state index contributed by atoms with van der Waals surface area (Å²) in [5, 5.41) is 3.94. The highest BCUT2D eigenvalue weighted by Crippen LogP contribution is 2.30. The standard InChI is InChI=1S/C37H44N6O4S/c1-41-20-16-31(17-21-41)48(2,46)30-14-10-26(11-15-30)32-23-28-24-38-37(39-29-12-8-27(9-13-29)33-7-3-6-22-47-33)40-35(28)43(36(32)45)25-34(44)42-18-4-5-19-42/h8-15,23-24,31,33H,2-7,16-22,25H2,1H3,(H,38,39,40). The summed E-state index contributed by atoms with van der Waals surface area (Å²) >= 11 is 0. The first kappa shape index (κ1) is 32.5. The summed E-state index contributed by atoms with van der Waals surface area (Å²) in [6, 6.07) is 17.2. The third kappa shape index (κ3) is 6.76. The van der Waals surface area contributed by atoms with Gasteiger partial charge in [0.1, 0.15) is 12.2 Å². The van der Waals surface area contributed by atoms with Crippen molar-refractivity contribution in [1.82, 2.24) is 24.3 Å². The van der Waals surface area contributed by atoms with Crippen LogP contribution in [0.4, 0.5) is 11.6 Å². The van der Waals surface area contributed by atoms with Crippen LogP contribution in [0.1, 0.15) is 56.6 Å². The number of aromatic nitrogens is 3. The Labute approximate surface area is 282 Å². The lowest BCUT2D eigenvalue weighted by Gasteiger charge is -2.31. The third-order valence-corrected chi connectivity index (χ3v) is 12.7. The number of ether oxygens (including phenoxy) is 1. The molecule has 1 amide bonds. The van der Waals surface area contributed by atoms with Gasteiger partial charge < -0.3 is 19.9 Å². The van der Waals surface area contributed by atoms with E-state index in [4.69, 9.17) is 9.72 Å². The molecule has 2 aromatic carbocycles. The summed E-state index contributed by atoms with van der Waals surface area (Å²) in [6.07, 6.45) is 8.72. The fourth-order valence-electron chi connectivity index (χ4n) is 7.11. The van der Waals surface area contributed by atoms with Crippen LogP contribution in [0.25, 0.3) is 22.2 Å². The van der Waals surface area contributed by atoms with Gasteiger partial charge in [0.15, 0.2) is 0 Å². The monoisotopic (exact) mass is 668 g/mol. The minimum Gasteiger partial charge on any atom is -0.374 e. The maximum atomic E-state index is 14.2. The zero-order valence-electron chi connectivity index (χ0n) is 27.6. The molecule has 0 saturated carbocycles. The number of likely N-dealkylation sites (tertiary alicyclic amines) is 2. The van der Waals surface area contributed by atoms with Crippen LogP contribution in [0.2, 0.25) is 0 Å². The molecule has 3 fully saturated rings. The fraction of sp³-hybridized carbons (Fsp3) is 0.432. The summed E-state index contributed by atoms with van der Waals surface area (Å²) in [6.45, 7) is 3.88. The lowest BCUT2D eigenvalue weighted by atomic mass is 10.0. The molecule has 2 atom stereocenters. The first-order chi connectivity index (χ1) is 23.3. The van der Waals surface area contributed by atoms with Gasteiger partial charge in [-0.3, -0.25) is 18.4 Å². The number of carbonyl (C=O) groups excluding carboxylic acids is 1. The van der Waals surface area contributed by atoms with Crippen molar-refractivity contribution in [1.29, 1.82) is 0 Å². The van der Waals surface area contributed by atoms with Gasteiger partial charge >= 0.3 is 0 Å². The average molecular weight is 669 g/mol. The molecule has 3 aliphatic rings. The summed E-state index contributed by atoms with van der Waals surface area (Å²) in [5.41, 5.74) is 3.15. The topological polar surface area (TPSA) is 110 Å². The van der Waals surface area contributed by atoms with Gasteiger partial charge in [-0.1, -0.05) is 24.3 Å². The zero-order chi connectivity index (χ0) is 33.3. The number of fused-ring (bicyclic) bond motifs is 1. The molecule has 7 rings (SSSR count). The minimum atomic E-state index is -2.50. The molecule has 5 heterocycles. The second kappa shape index (κ2) is 13.8. The lowest BCUT2D eigenvalue weighted by Crippen LogP contribution is -2.37. The Morgan fingerprint density at radius 1 is 0.979 bits per heavy atom. The number of pyridine rings is 1. The molecule has 1 N–H and O–H groups in total. The van der Waals surface area contributed by atoms with Crippen LogP contribution >= 0.6 is 0 Å². The molecule has 3 saturated heterocycles. The number of hydrogen-bond donors (Lipinski definition) is 1. The zero-order valence-corrected chi connectivity index (χ0v) is 28.4. The van der Waals surface area contributed by atoms with Crippen molar-refractivity contribution in [3.8, 4) is 11.1 Å². The normalized spacial score (nSPS) is 20.5. The van der Waals surface area contributed by atoms with E-state index in [9.17, 15) is 13.8 Å². The van der Waals surface area contributed by atoms with Gasteiger partial charge in [0.25, 0.3) is 5.56 Å². The first-order valence-corrected chi connectivity index (χ1v) is 18.9. The molecule has 11 heteroatoms. The quantitative estimate of drug-likeness (QED) is 0.254. The molecular formula is C37H44N6O4S. The maximum absolute atomic E-state index is 14.2. The maximum Gasteiger partial charge on any atom is 0.260 e. The number of rotatable bonds is 8. The van der Waals surface area contributed by atoms with Crippen molar-refractivity contribution in [2.24, 2.45) is 0 Å². The Bertz CT molecular complexity index is 1940. The number of nitrogens with one attached hydrogen (secondary N) is 1. The van der Waals surface area contributed by atoms with Gasteiger partial charge in [0.05, 0.1) is 6.10 Å². The Hall–Kier alpha value is -4.06. The Balaban J connectivity index is 1.20. The van der Waals surface area contributed by atoms with Crippen molar-refractivity contribution in [2.75, 3.05) is 45.2 Å². The lowest BCUT2D eigenvalue weighted by molar-refractivity contribution is -0.130. The average Bonchev–Trinajstić information content (AvgIpc) is 3.66. The molecule has 2 unspecified atom stereocenters. The van der Waals surface area contributed by atoms with Crippen LogP contribution in [-0.2, 0) is 25.6 Å². The van der Waals surface area contributed by atoms with E-state index in [0.717, 1.165) is 69.5 Å². The molecule has 252 valence electrons. The van der Waals surface area contributed by atoms with Crippen molar-refractivity contribution in [3.63, 3.8) is 0 Å². The third-order valence-electron chi connectivity index (χ3n) is 10.1. The van der Waals surface area contributed by atoms with Gasteiger partial charge in [-0.15, -0.1) is 0 Å². The van der Waals surface area contributed by atoms with Crippen LogP contribution in [0.15, 0.2) is 70.5 Å². The fourth-order valence-corrected chi connectivity index (χ4v) is 9.07. The molecule has 10 nitrogen and oxygen atoms in total. The number of hydrogen-bond acceptors (Lipinski definition) is 8. The van der Waals surface area contributed by atoms with Gasteiger partial charge in [0, 0.05) is 52.7 Å². The van der Waals surface area contributed by atoms with Crippen molar-refractivity contribution in [3.05, 3.63) is 76.7 Å². The van der Waals surface area contributed by atoms with E-state index in [1.807, 2.05) is 41.3 Å². The van der Waals surface area contributed by atoms with E-state index >= 15 is 0 Å². The number of piperidine rings is 1. The SMILES string of the molecule is C=S(=O)(c1ccc(-c2cc3cnc(Nc4ccc(C5CCCCO5)cc4)nc3n(CC(=O)N3CCCC3)c2=O)cc1)C1CCN(C)CC1. The molecule has 0 bridgehead atoms. The largest absolute Gasteiger partial charge is 0.374 e. The predicted molar refractivity (Wildman–Crippen MR) is 191 cm³/mol. The van der Waals surface area contributed by atoms with Crippen LogP contribution in [0.3, 0.4) is 0 Å². The Kier molecular flexibility index (Phi) is 9.35. The minimum absolute atomic E-state index is 0.0258. The second-order valence-electron chi connectivity index (χ2n) is 13.4. The Morgan fingerprint density at radius 2 is 1.71 bits per heavy atom. The van der Waals surface area contributed by atoms with Crippen LogP contribution in [-0.4, -0.2) is 85.4 Å². The van der Waals surface area contributed by atoms with Crippen molar-refractivity contribution in [2.45, 2.75) is 67.7 Å². The van der Waals surface area contributed by atoms with Gasteiger partial charge in [-0.2, -0.15) is 4.98 Å².